The summed E-state index contributed by atoms with van der Waals surface area (Å²) in [4.78, 5) is 25.7. The first-order chi connectivity index (χ1) is 9.24. The van der Waals surface area contributed by atoms with Crippen LogP contribution in [0.25, 0.3) is 0 Å². The summed E-state index contributed by atoms with van der Waals surface area (Å²) in [7, 11) is 0. The van der Waals surface area contributed by atoms with Crippen LogP contribution < -0.4 is 10.6 Å². The Kier molecular flexibility index (Phi) is 4.34. The van der Waals surface area contributed by atoms with Crippen molar-refractivity contribution in [2.24, 2.45) is 0 Å². The van der Waals surface area contributed by atoms with E-state index in [0.717, 1.165) is 25.7 Å². The molecule has 2 rings (SSSR count). The standard InChI is InChI=1S/C14H25N3O3/c1-14(2,3)16-13(20)15-12(19)8-17-9-4-5-10(17)7-11(18)6-9/h9-11,18H,4-8H2,1-3H3,(H2,15,16,19,20). The van der Waals surface area contributed by atoms with Gasteiger partial charge in [-0.2, -0.15) is 0 Å². The zero-order valence-electron chi connectivity index (χ0n) is 12.5. The van der Waals surface area contributed by atoms with Crippen molar-refractivity contribution in [1.82, 2.24) is 15.5 Å². The van der Waals surface area contributed by atoms with E-state index in [2.05, 4.69) is 15.5 Å². The maximum Gasteiger partial charge on any atom is 0.321 e. The van der Waals surface area contributed by atoms with Crippen LogP contribution in [0.5, 0.6) is 0 Å². The van der Waals surface area contributed by atoms with Gasteiger partial charge in [-0.3, -0.25) is 15.0 Å². The summed E-state index contributed by atoms with van der Waals surface area (Å²) in [6.45, 7) is 5.83. The van der Waals surface area contributed by atoms with Gasteiger partial charge < -0.3 is 10.4 Å². The van der Waals surface area contributed by atoms with Crippen molar-refractivity contribution in [3.8, 4) is 0 Å². The Bertz CT molecular complexity index is 378. The minimum Gasteiger partial charge on any atom is -0.393 e. The topological polar surface area (TPSA) is 81.7 Å². The van der Waals surface area contributed by atoms with Gasteiger partial charge in [0.1, 0.15) is 0 Å². The second kappa shape index (κ2) is 5.69. The highest BCUT2D eigenvalue weighted by molar-refractivity contribution is 5.95. The van der Waals surface area contributed by atoms with Gasteiger partial charge in [-0.25, -0.2) is 4.79 Å². The van der Waals surface area contributed by atoms with E-state index in [-0.39, 0.29) is 36.2 Å². The summed E-state index contributed by atoms with van der Waals surface area (Å²) in [5.74, 6) is -0.278. The molecule has 0 aromatic heterocycles. The Morgan fingerprint density at radius 2 is 1.75 bits per heavy atom. The lowest BCUT2D eigenvalue weighted by Crippen LogP contribution is -2.53. The van der Waals surface area contributed by atoms with Crippen LogP contribution in [0.2, 0.25) is 0 Å². The molecular weight excluding hydrogens is 258 g/mol. The highest BCUT2D eigenvalue weighted by atomic mass is 16.3. The molecule has 2 aliphatic heterocycles. The Morgan fingerprint density at radius 1 is 1.20 bits per heavy atom. The average molecular weight is 283 g/mol. The van der Waals surface area contributed by atoms with E-state index in [9.17, 15) is 14.7 Å². The maximum absolute atomic E-state index is 11.9. The number of piperidine rings is 1. The van der Waals surface area contributed by atoms with Crippen LogP contribution >= 0.6 is 0 Å². The Hall–Kier alpha value is -1.14. The molecule has 3 N–H and O–H groups in total. The van der Waals surface area contributed by atoms with Crippen molar-refractivity contribution < 1.29 is 14.7 Å². The van der Waals surface area contributed by atoms with Gasteiger partial charge in [0.25, 0.3) is 0 Å². The minimum atomic E-state index is -0.452. The second-order valence-electron chi connectivity index (χ2n) is 6.93. The average Bonchev–Trinajstić information content (AvgIpc) is 2.51. The Labute approximate surface area is 119 Å². The summed E-state index contributed by atoms with van der Waals surface area (Å²) < 4.78 is 0. The van der Waals surface area contributed by atoms with Crippen molar-refractivity contribution in [2.75, 3.05) is 6.54 Å². The van der Waals surface area contributed by atoms with Crippen molar-refractivity contribution in [2.45, 2.75) is 70.2 Å². The molecule has 2 atom stereocenters. The van der Waals surface area contributed by atoms with Crippen molar-refractivity contribution >= 4 is 11.9 Å². The molecule has 6 heteroatoms. The number of imide groups is 1. The van der Waals surface area contributed by atoms with Crippen LogP contribution in [0.3, 0.4) is 0 Å². The highest BCUT2D eigenvalue weighted by Gasteiger charge is 2.40. The second-order valence-corrected chi connectivity index (χ2v) is 6.93. The van der Waals surface area contributed by atoms with E-state index in [4.69, 9.17) is 0 Å². The first-order valence-electron chi connectivity index (χ1n) is 7.30. The summed E-state index contributed by atoms with van der Waals surface area (Å²) in [5.41, 5.74) is -0.362. The largest absolute Gasteiger partial charge is 0.393 e. The number of rotatable bonds is 2. The predicted molar refractivity (Wildman–Crippen MR) is 75.2 cm³/mol. The molecule has 6 nitrogen and oxygen atoms in total. The number of hydrogen-bond acceptors (Lipinski definition) is 4. The summed E-state index contributed by atoms with van der Waals surface area (Å²) in [6.07, 6.45) is 3.29. The molecule has 0 spiro atoms. The number of urea groups is 1. The van der Waals surface area contributed by atoms with Crippen molar-refractivity contribution in [3.05, 3.63) is 0 Å². The number of nitrogens with one attached hydrogen (secondary N) is 2. The number of nitrogens with zero attached hydrogens (tertiary/aromatic N) is 1. The van der Waals surface area contributed by atoms with Gasteiger partial charge in [0.2, 0.25) is 5.91 Å². The van der Waals surface area contributed by atoms with Gasteiger partial charge in [0.05, 0.1) is 12.6 Å². The van der Waals surface area contributed by atoms with E-state index in [1.807, 2.05) is 20.8 Å². The lowest BCUT2D eigenvalue weighted by atomic mass is 10.00. The van der Waals surface area contributed by atoms with Gasteiger partial charge in [-0.1, -0.05) is 0 Å². The SMILES string of the molecule is CC(C)(C)NC(=O)NC(=O)CN1C2CCC1CC(O)C2. The Balaban J connectivity index is 1.82. The van der Waals surface area contributed by atoms with Crippen LogP contribution in [-0.2, 0) is 4.79 Å². The first kappa shape index (κ1) is 15.3. The van der Waals surface area contributed by atoms with Crippen LogP contribution in [0.4, 0.5) is 4.79 Å². The van der Waals surface area contributed by atoms with Crippen LogP contribution in [0.1, 0.15) is 46.5 Å². The number of aliphatic hydroxyl groups excluding tert-OH is 1. The minimum absolute atomic E-state index is 0.236. The first-order valence-corrected chi connectivity index (χ1v) is 7.30. The predicted octanol–water partition coefficient (Wildman–Crippen LogP) is 0.598. The fourth-order valence-electron chi connectivity index (χ4n) is 3.21. The van der Waals surface area contributed by atoms with Crippen LogP contribution in [-0.4, -0.2) is 52.2 Å². The summed E-state index contributed by atoms with van der Waals surface area (Å²) >= 11 is 0. The van der Waals surface area contributed by atoms with E-state index in [0.29, 0.717) is 0 Å². The molecule has 0 aromatic rings. The lowest BCUT2D eigenvalue weighted by Gasteiger charge is -2.36. The quantitative estimate of drug-likeness (QED) is 0.693. The molecule has 0 saturated carbocycles. The van der Waals surface area contributed by atoms with Gasteiger partial charge >= 0.3 is 6.03 Å². The summed E-state index contributed by atoms with van der Waals surface area (Å²) in [6, 6.07) is 0.104. The molecule has 2 heterocycles. The number of amides is 3. The van der Waals surface area contributed by atoms with E-state index in [1.165, 1.54) is 0 Å². The molecule has 3 amide bonds. The van der Waals surface area contributed by atoms with Gasteiger partial charge in [0.15, 0.2) is 0 Å². The molecule has 114 valence electrons. The van der Waals surface area contributed by atoms with Gasteiger partial charge in [-0.05, 0) is 46.5 Å². The molecule has 2 bridgehead atoms. The van der Waals surface area contributed by atoms with E-state index < -0.39 is 6.03 Å². The Morgan fingerprint density at radius 3 is 2.25 bits per heavy atom. The van der Waals surface area contributed by atoms with Gasteiger partial charge in [0, 0.05) is 17.6 Å². The zero-order valence-corrected chi connectivity index (χ0v) is 12.5. The smallest absolute Gasteiger partial charge is 0.321 e. The summed E-state index contributed by atoms with van der Waals surface area (Å²) in [5, 5.41) is 14.8. The molecule has 2 saturated heterocycles. The van der Waals surface area contributed by atoms with E-state index >= 15 is 0 Å². The third-order valence-electron chi connectivity index (χ3n) is 3.93. The molecule has 2 aliphatic rings. The number of carbonyl (C=O) groups excluding carboxylic acids is 2. The number of aliphatic hydroxyl groups is 1. The van der Waals surface area contributed by atoms with E-state index in [1.54, 1.807) is 0 Å². The molecule has 0 aromatic carbocycles. The molecule has 2 fully saturated rings. The fraction of sp³-hybridized carbons (Fsp3) is 0.857. The van der Waals surface area contributed by atoms with Crippen LogP contribution in [0, 0.1) is 0 Å². The molecule has 20 heavy (non-hydrogen) atoms. The third kappa shape index (κ3) is 3.93. The lowest BCUT2D eigenvalue weighted by molar-refractivity contribution is -0.122. The van der Waals surface area contributed by atoms with Crippen molar-refractivity contribution in [1.29, 1.82) is 0 Å². The fourth-order valence-corrected chi connectivity index (χ4v) is 3.21. The zero-order chi connectivity index (χ0) is 14.9. The third-order valence-corrected chi connectivity index (χ3v) is 3.93. The normalized spacial score (nSPS) is 30.1. The van der Waals surface area contributed by atoms with Crippen LogP contribution in [0.15, 0.2) is 0 Å². The number of fused-ring (bicyclic) bond motifs is 2. The molecule has 2 unspecified atom stereocenters. The highest BCUT2D eigenvalue weighted by Crippen LogP contribution is 2.35. The van der Waals surface area contributed by atoms with Gasteiger partial charge in [-0.15, -0.1) is 0 Å². The molecular formula is C14H25N3O3. The van der Waals surface area contributed by atoms with Crippen molar-refractivity contribution in [3.63, 3.8) is 0 Å². The molecule has 0 radical (unpaired) electrons. The molecule has 0 aliphatic carbocycles. The number of hydrogen-bond donors (Lipinski definition) is 3. The number of carbonyl (C=O) groups is 2. The monoisotopic (exact) mass is 283 g/mol. The maximum atomic E-state index is 11.9.